The van der Waals surface area contributed by atoms with Gasteiger partial charge in [-0.05, 0) is 25.3 Å². The molecule has 7 nitrogen and oxygen atoms in total. The van der Waals surface area contributed by atoms with E-state index in [1.165, 1.54) is 6.33 Å². The van der Waals surface area contributed by atoms with E-state index in [1.807, 2.05) is 0 Å². The molecular weight excluding hydrogens is 272 g/mol. The SMILES string of the molecule is CCC1CCNC(C(=O)N[C@H](Cc2cnc[nH]2)C(=O)O)C1. The maximum absolute atomic E-state index is 12.2. The van der Waals surface area contributed by atoms with Gasteiger partial charge in [-0.1, -0.05) is 13.3 Å². The first-order valence-corrected chi connectivity index (χ1v) is 7.34. The molecule has 1 aliphatic heterocycles. The minimum absolute atomic E-state index is 0.199. The van der Waals surface area contributed by atoms with E-state index in [2.05, 4.69) is 27.5 Å². The third-order valence-electron chi connectivity index (χ3n) is 4.00. The van der Waals surface area contributed by atoms with Gasteiger partial charge >= 0.3 is 5.97 Å². The van der Waals surface area contributed by atoms with E-state index in [4.69, 9.17) is 0 Å². The van der Waals surface area contributed by atoms with Gasteiger partial charge in [0.2, 0.25) is 5.91 Å². The number of nitrogens with one attached hydrogen (secondary N) is 3. The number of aromatic amines is 1. The quantitative estimate of drug-likeness (QED) is 0.603. The lowest BCUT2D eigenvalue weighted by Gasteiger charge is -2.29. The van der Waals surface area contributed by atoms with Crippen molar-refractivity contribution in [3.05, 3.63) is 18.2 Å². The third kappa shape index (κ3) is 4.29. The lowest BCUT2D eigenvalue weighted by Crippen LogP contribution is -2.53. The van der Waals surface area contributed by atoms with Gasteiger partial charge in [-0.25, -0.2) is 9.78 Å². The third-order valence-corrected chi connectivity index (χ3v) is 4.00. The van der Waals surface area contributed by atoms with Gasteiger partial charge in [0, 0.05) is 18.3 Å². The van der Waals surface area contributed by atoms with E-state index in [0.29, 0.717) is 11.6 Å². The molecule has 0 spiro atoms. The van der Waals surface area contributed by atoms with Crippen molar-refractivity contribution in [2.24, 2.45) is 5.92 Å². The Labute approximate surface area is 123 Å². The molecule has 1 fully saturated rings. The summed E-state index contributed by atoms with van der Waals surface area (Å²) in [6, 6.07) is -1.24. The van der Waals surface area contributed by atoms with Crippen molar-refractivity contribution in [3.8, 4) is 0 Å². The minimum atomic E-state index is -1.04. The van der Waals surface area contributed by atoms with Crippen molar-refractivity contribution >= 4 is 11.9 Å². The highest BCUT2D eigenvalue weighted by molar-refractivity contribution is 5.87. The molecule has 3 atom stereocenters. The summed E-state index contributed by atoms with van der Waals surface area (Å²) in [7, 11) is 0. The molecule has 1 aromatic heterocycles. The van der Waals surface area contributed by atoms with Gasteiger partial charge in [0.05, 0.1) is 12.4 Å². The van der Waals surface area contributed by atoms with Crippen molar-refractivity contribution in [1.29, 1.82) is 0 Å². The van der Waals surface area contributed by atoms with Crippen molar-refractivity contribution in [1.82, 2.24) is 20.6 Å². The molecular formula is C14H22N4O3. The summed E-state index contributed by atoms with van der Waals surface area (Å²) in [4.78, 5) is 30.2. The molecule has 1 aromatic rings. The summed E-state index contributed by atoms with van der Waals surface area (Å²) in [5.41, 5.74) is 0.686. The molecule has 0 saturated carbocycles. The maximum atomic E-state index is 12.2. The molecule has 0 radical (unpaired) electrons. The predicted molar refractivity (Wildman–Crippen MR) is 76.7 cm³/mol. The molecule has 21 heavy (non-hydrogen) atoms. The molecule has 1 amide bonds. The van der Waals surface area contributed by atoms with Gasteiger partial charge in [-0.15, -0.1) is 0 Å². The topological polar surface area (TPSA) is 107 Å². The standard InChI is InChI=1S/C14H22N4O3/c1-2-9-3-4-16-11(5-9)13(19)18-12(14(20)21)6-10-7-15-8-17-10/h7-9,11-12,16H,2-6H2,1H3,(H,15,17)(H,18,19)(H,20,21)/t9?,11?,12-/m1/s1. The average molecular weight is 294 g/mol. The largest absolute Gasteiger partial charge is 0.480 e. The highest BCUT2D eigenvalue weighted by Gasteiger charge is 2.29. The summed E-state index contributed by atoms with van der Waals surface area (Å²) in [6.45, 7) is 2.91. The molecule has 1 aliphatic rings. The molecule has 1 saturated heterocycles. The second-order valence-electron chi connectivity index (χ2n) is 5.49. The zero-order chi connectivity index (χ0) is 15.2. The van der Waals surface area contributed by atoms with Gasteiger partial charge < -0.3 is 20.7 Å². The van der Waals surface area contributed by atoms with Crippen LogP contribution in [-0.2, 0) is 16.0 Å². The number of imidazole rings is 1. The van der Waals surface area contributed by atoms with Crippen LogP contribution in [-0.4, -0.2) is 45.6 Å². The van der Waals surface area contributed by atoms with Gasteiger partial charge in [0.15, 0.2) is 0 Å². The number of carboxylic acids is 1. The summed E-state index contributed by atoms with van der Waals surface area (Å²) in [5, 5.41) is 15.0. The molecule has 2 unspecified atom stereocenters. The summed E-state index contributed by atoms with van der Waals surface area (Å²) < 4.78 is 0. The van der Waals surface area contributed by atoms with E-state index in [-0.39, 0.29) is 18.4 Å². The minimum Gasteiger partial charge on any atom is -0.480 e. The van der Waals surface area contributed by atoms with Crippen molar-refractivity contribution in [3.63, 3.8) is 0 Å². The highest BCUT2D eigenvalue weighted by Crippen LogP contribution is 2.19. The fourth-order valence-electron chi connectivity index (χ4n) is 2.66. The fourth-order valence-corrected chi connectivity index (χ4v) is 2.66. The number of carbonyl (C=O) groups is 2. The molecule has 7 heteroatoms. The first-order chi connectivity index (χ1) is 10.1. The second kappa shape index (κ2) is 7.21. The second-order valence-corrected chi connectivity index (χ2v) is 5.49. The molecule has 0 aromatic carbocycles. The Morgan fingerprint density at radius 1 is 1.57 bits per heavy atom. The number of nitrogens with zero attached hydrogens (tertiary/aromatic N) is 1. The van der Waals surface area contributed by atoms with Crippen LogP contribution >= 0.6 is 0 Å². The predicted octanol–water partition coefficient (Wildman–Crippen LogP) is 0.300. The fraction of sp³-hybridized carbons (Fsp3) is 0.643. The number of piperidine rings is 1. The number of H-pyrrole nitrogens is 1. The van der Waals surface area contributed by atoms with Crippen LogP contribution in [0, 0.1) is 5.92 Å². The van der Waals surface area contributed by atoms with Crippen LogP contribution < -0.4 is 10.6 Å². The normalized spacial score (nSPS) is 23.5. The number of aromatic nitrogens is 2. The Balaban J connectivity index is 1.93. The Hall–Kier alpha value is -1.89. The number of carbonyl (C=O) groups excluding carboxylic acids is 1. The molecule has 4 N–H and O–H groups in total. The lowest BCUT2D eigenvalue weighted by molar-refractivity contribution is -0.142. The van der Waals surface area contributed by atoms with Crippen LogP contribution in [0.2, 0.25) is 0 Å². The lowest BCUT2D eigenvalue weighted by atomic mass is 9.90. The Morgan fingerprint density at radius 2 is 2.38 bits per heavy atom. The van der Waals surface area contributed by atoms with Gasteiger partial charge in [0.25, 0.3) is 0 Å². The van der Waals surface area contributed by atoms with Crippen LogP contribution in [0.5, 0.6) is 0 Å². The Kier molecular flexibility index (Phi) is 5.32. The first-order valence-electron chi connectivity index (χ1n) is 7.34. The van der Waals surface area contributed by atoms with E-state index < -0.39 is 12.0 Å². The summed E-state index contributed by atoms with van der Waals surface area (Å²) in [5.74, 6) is -0.751. The van der Waals surface area contributed by atoms with E-state index in [0.717, 1.165) is 25.8 Å². The Bertz CT molecular complexity index is 475. The van der Waals surface area contributed by atoms with Crippen LogP contribution in [0.1, 0.15) is 31.9 Å². The summed E-state index contributed by atoms with van der Waals surface area (Å²) in [6.07, 6.45) is 6.13. The maximum Gasteiger partial charge on any atom is 0.326 e. The van der Waals surface area contributed by atoms with Gasteiger partial charge in [0.1, 0.15) is 6.04 Å². The van der Waals surface area contributed by atoms with Crippen molar-refractivity contribution in [2.45, 2.75) is 44.7 Å². The number of carboxylic acid groups (broad SMARTS) is 1. The number of hydrogen-bond acceptors (Lipinski definition) is 4. The van der Waals surface area contributed by atoms with E-state index >= 15 is 0 Å². The zero-order valence-corrected chi connectivity index (χ0v) is 12.1. The Morgan fingerprint density at radius 3 is 3.00 bits per heavy atom. The van der Waals surface area contributed by atoms with Crippen LogP contribution in [0.25, 0.3) is 0 Å². The number of aliphatic carboxylic acids is 1. The van der Waals surface area contributed by atoms with E-state index in [9.17, 15) is 14.7 Å². The van der Waals surface area contributed by atoms with E-state index in [1.54, 1.807) is 6.20 Å². The number of rotatable bonds is 6. The molecule has 116 valence electrons. The number of hydrogen-bond donors (Lipinski definition) is 4. The highest BCUT2D eigenvalue weighted by atomic mass is 16.4. The summed E-state index contributed by atoms with van der Waals surface area (Å²) >= 11 is 0. The first kappa shape index (κ1) is 15.5. The van der Waals surface area contributed by atoms with Crippen LogP contribution in [0.15, 0.2) is 12.5 Å². The number of amides is 1. The van der Waals surface area contributed by atoms with Crippen LogP contribution in [0.4, 0.5) is 0 Å². The molecule has 2 rings (SSSR count). The van der Waals surface area contributed by atoms with Crippen molar-refractivity contribution < 1.29 is 14.7 Å². The van der Waals surface area contributed by atoms with Gasteiger partial charge in [-0.2, -0.15) is 0 Å². The monoisotopic (exact) mass is 294 g/mol. The van der Waals surface area contributed by atoms with Gasteiger partial charge in [-0.3, -0.25) is 4.79 Å². The average Bonchev–Trinajstić information content (AvgIpc) is 2.99. The van der Waals surface area contributed by atoms with Crippen LogP contribution in [0.3, 0.4) is 0 Å². The molecule has 0 bridgehead atoms. The molecule has 2 heterocycles. The van der Waals surface area contributed by atoms with Crippen molar-refractivity contribution in [2.75, 3.05) is 6.54 Å². The zero-order valence-electron chi connectivity index (χ0n) is 12.1. The molecule has 0 aliphatic carbocycles. The smallest absolute Gasteiger partial charge is 0.326 e.